The number of carbonyl (C=O) groups is 1. The van der Waals surface area contributed by atoms with Crippen molar-refractivity contribution in [2.75, 3.05) is 33.2 Å². The maximum atomic E-state index is 12.4. The van der Waals surface area contributed by atoms with E-state index in [1.165, 1.54) is 0 Å². The van der Waals surface area contributed by atoms with Crippen LogP contribution in [-0.2, 0) is 17.9 Å². The highest BCUT2D eigenvalue weighted by atomic mass is 16.3. The number of piperazine rings is 1. The number of amides is 1. The number of fused-ring (bicyclic) bond motifs is 1. The zero-order chi connectivity index (χ0) is 14.8. The van der Waals surface area contributed by atoms with Crippen molar-refractivity contribution in [3.63, 3.8) is 0 Å². The lowest BCUT2D eigenvalue weighted by molar-refractivity contribution is -0.133. The van der Waals surface area contributed by atoms with E-state index in [-0.39, 0.29) is 12.5 Å². The molecule has 1 aliphatic rings. The summed E-state index contributed by atoms with van der Waals surface area (Å²) < 4.78 is 1.95. The second kappa shape index (κ2) is 5.87. The van der Waals surface area contributed by atoms with E-state index in [9.17, 15) is 9.90 Å². The Morgan fingerprint density at radius 3 is 2.62 bits per heavy atom. The van der Waals surface area contributed by atoms with Gasteiger partial charge in [-0.1, -0.05) is 18.2 Å². The SMILES string of the molecule is CN1CCN(C(=O)Cn2cc(CO)c3ccccc32)CC1. The number of aromatic nitrogens is 1. The first-order chi connectivity index (χ1) is 10.2. The van der Waals surface area contributed by atoms with Crippen molar-refractivity contribution >= 4 is 16.8 Å². The number of likely N-dealkylation sites (N-methyl/N-ethyl adjacent to an activating group) is 1. The van der Waals surface area contributed by atoms with Gasteiger partial charge in [-0.15, -0.1) is 0 Å². The Balaban J connectivity index is 1.80. The van der Waals surface area contributed by atoms with E-state index in [0.29, 0.717) is 6.54 Å². The first-order valence-corrected chi connectivity index (χ1v) is 7.33. The number of para-hydroxylation sites is 1. The van der Waals surface area contributed by atoms with Crippen LogP contribution in [0.3, 0.4) is 0 Å². The largest absolute Gasteiger partial charge is 0.392 e. The van der Waals surface area contributed by atoms with Crippen LogP contribution in [-0.4, -0.2) is 58.6 Å². The van der Waals surface area contributed by atoms with Crippen LogP contribution < -0.4 is 0 Å². The van der Waals surface area contributed by atoms with E-state index in [1.54, 1.807) is 0 Å². The van der Waals surface area contributed by atoms with Gasteiger partial charge in [0.05, 0.1) is 6.61 Å². The third kappa shape index (κ3) is 2.80. The van der Waals surface area contributed by atoms with E-state index in [1.807, 2.05) is 39.9 Å². The van der Waals surface area contributed by atoms with E-state index < -0.39 is 0 Å². The predicted octanol–water partition coefficient (Wildman–Crippen LogP) is 0.908. The molecule has 1 aromatic heterocycles. The highest BCUT2D eigenvalue weighted by Gasteiger charge is 2.20. The fraction of sp³-hybridized carbons (Fsp3) is 0.438. The third-order valence-corrected chi connectivity index (χ3v) is 4.20. The molecule has 1 saturated heterocycles. The summed E-state index contributed by atoms with van der Waals surface area (Å²) in [5.41, 5.74) is 1.88. The van der Waals surface area contributed by atoms with Crippen molar-refractivity contribution in [3.8, 4) is 0 Å². The van der Waals surface area contributed by atoms with Crippen LogP contribution >= 0.6 is 0 Å². The van der Waals surface area contributed by atoms with Gasteiger partial charge in [0.2, 0.25) is 5.91 Å². The molecule has 3 rings (SSSR count). The van der Waals surface area contributed by atoms with Crippen LogP contribution in [0.5, 0.6) is 0 Å². The van der Waals surface area contributed by atoms with Crippen LogP contribution in [0.15, 0.2) is 30.5 Å². The summed E-state index contributed by atoms with van der Waals surface area (Å²) in [5, 5.41) is 10.5. The Bertz CT molecular complexity index is 642. The Labute approximate surface area is 124 Å². The lowest BCUT2D eigenvalue weighted by Gasteiger charge is -2.32. The molecule has 1 aromatic carbocycles. The van der Waals surface area contributed by atoms with Crippen LogP contribution in [0.1, 0.15) is 5.56 Å². The van der Waals surface area contributed by atoms with Crippen LogP contribution in [0.25, 0.3) is 10.9 Å². The van der Waals surface area contributed by atoms with Crippen molar-refractivity contribution < 1.29 is 9.90 Å². The molecule has 21 heavy (non-hydrogen) atoms. The molecule has 0 atom stereocenters. The summed E-state index contributed by atoms with van der Waals surface area (Å²) in [5.74, 6) is 0.147. The van der Waals surface area contributed by atoms with Gasteiger partial charge in [0.1, 0.15) is 6.54 Å². The lowest BCUT2D eigenvalue weighted by atomic mass is 10.2. The van der Waals surface area contributed by atoms with Gasteiger partial charge in [0, 0.05) is 48.8 Å². The molecule has 5 heteroatoms. The molecular formula is C16H21N3O2. The van der Waals surface area contributed by atoms with E-state index >= 15 is 0 Å². The van der Waals surface area contributed by atoms with Gasteiger partial charge in [0.15, 0.2) is 0 Å². The van der Waals surface area contributed by atoms with E-state index in [4.69, 9.17) is 0 Å². The molecular weight excluding hydrogens is 266 g/mol. The number of rotatable bonds is 3. The molecule has 5 nitrogen and oxygen atoms in total. The zero-order valence-corrected chi connectivity index (χ0v) is 12.3. The molecule has 0 unspecified atom stereocenters. The molecule has 1 fully saturated rings. The minimum atomic E-state index is -0.00376. The fourth-order valence-corrected chi connectivity index (χ4v) is 2.88. The summed E-state index contributed by atoms with van der Waals surface area (Å²) in [6.45, 7) is 3.78. The van der Waals surface area contributed by atoms with Crippen molar-refractivity contribution in [1.29, 1.82) is 0 Å². The first kappa shape index (κ1) is 14.1. The average Bonchev–Trinajstić information content (AvgIpc) is 2.86. The average molecular weight is 287 g/mol. The summed E-state index contributed by atoms with van der Waals surface area (Å²) in [6.07, 6.45) is 1.89. The normalized spacial score (nSPS) is 16.6. The van der Waals surface area contributed by atoms with Gasteiger partial charge < -0.3 is 19.5 Å². The second-order valence-corrected chi connectivity index (χ2v) is 5.64. The summed E-state index contributed by atoms with van der Waals surface area (Å²) in [6, 6.07) is 7.89. The Morgan fingerprint density at radius 2 is 1.90 bits per heavy atom. The Kier molecular flexibility index (Phi) is 3.94. The topological polar surface area (TPSA) is 48.7 Å². The molecule has 0 aliphatic carbocycles. The molecule has 0 saturated carbocycles. The fourth-order valence-electron chi connectivity index (χ4n) is 2.88. The molecule has 2 aromatic rings. The standard InChI is InChI=1S/C16H21N3O2/c1-17-6-8-18(9-7-17)16(21)11-19-10-13(12-20)14-4-2-3-5-15(14)19/h2-5,10,20H,6-9,11-12H2,1H3. The smallest absolute Gasteiger partial charge is 0.242 e. The highest BCUT2D eigenvalue weighted by Crippen LogP contribution is 2.21. The maximum Gasteiger partial charge on any atom is 0.242 e. The predicted molar refractivity (Wildman–Crippen MR) is 81.9 cm³/mol. The molecule has 1 N–H and O–H groups in total. The Morgan fingerprint density at radius 1 is 1.19 bits per heavy atom. The molecule has 0 bridgehead atoms. The van der Waals surface area contributed by atoms with Gasteiger partial charge in [0.25, 0.3) is 0 Å². The second-order valence-electron chi connectivity index (χ2n) is 5.64. The van der Waals surface area contributed by atoms with E-state index in [0.717, 1.165) is 42.6 Å². The molecule has 0 radical (unpaired) electrons. The van der Waals surface area contributed by atoms with Gasteiger partial charge in [-0.25, -0.2) is 0 Å². The molecule has 112 valence electrons. The van der Waals surface area contributed by atoms with Crippen molar-refractivity contribution in [1.82, 2.24) is 14.4 Å². The number of hydrogen-bond donors (Lipinski definition) is 1. The van der Waals surface area contributed by atoms with Gasteiger partial charge in [-0.3, -0.25) is 4.79 Å². The third-order valence-electron chi connectivity index (χ3n) is 4.20. The number of benzene rings is 1. The molecule has 0 spiro atoms. The van der Waals surface area contributed by atoms with Crippen LogP contribution in [0, 0.1) is 0 Å². The molecule has 2 heterocycles. The summed E-state index contributed by atoms with van der Waals surface area (Å²) in [7, 11) is 2.08. The first-order valence-electron chi connectivity index (χ1n) is 7.33. The van der Waals surface area contributed by atoms with Gasteiger partial charge >= 0.3 is 0 Å². The summed E-state index contributed by atoms with van der Waals surface area (Å²) >= 11 is 0. The Hall–Kier alpha value is -1.85. The minimum Gasteiger partial charge on any atom is -0.392 e. The number of carbonyl (C=O) groups excluding carboxylic acids is 1. The van der Waals surface area contributed by atoms with Crippen molar-refractivity contribution in [2.45, 2.75) is 13.2 Å². The number of aliphatic hydroxyl groups excluding tert-OH is 1. The molecule has 1 amide bonds. The maximum absolute atomic E-state index is 12.4. The van der Waals surface area contributed by atoms with Crippen molar-refractivity contribution in [2.24, 2.45) is 0 Å². The lowest BCUT2D eigenvalue weighted by Crippen LogP contribution is -2.48. The van der Waals surface area contributed by atoms with Crippen LogP contribution in [0.4, 0.5) is 0 Å². The summed E-state index contributed by atoms with van der Waals surface area (Å²) in [4.78, 5) is 16.6. The van der Waals surface area contributed by atoms with Gasteiger partial charge in [-0.05, 0) is 13.1 Å². The minimum absolute atomic E-state index is 0.00376. The van der Waals surface area contributed by atoms with E-state index in [2.05, 4.69) is 11.9 Å². The van der Waals surface area contributed by atoms with Gasteiger partial charge in [-0.2, -0.15) is 0 Å². The molecule has 1 aliphatic heterocycles. The number of nitrogens with zero attached hydrogens (tertiary/aromatic N) is 3. The monoisotopic (exact) mass is 287 g/mol. The number of aliphatic hydroxyl groups is 1. The highest BCUT2D eigenvalue weighted by molar-refractivity contribution is 5.86. The number of hydrogen-bond acceptors (Lipinski definition) is 3. The van der Waals surface area contributed by atoms with Crippen molar-refractivity contribution in [3.05, 3.63) is 36.0 Å². The zero-order valence-electron chi connectivity index (χ0n) is 12.3. The quantitative estimate of drug-likeness (QED) is 0.913. The van der Waals surface area contributed by atoms with Crippen LogP contribution in [0.2, 0.25) is 0 Å².